The highest BCUT2D eigenvalue weighted by Crippen LogP contribution is 2.68. The molecule has 34 heavy (non-hydrogen) atoms. The van der Waals surface area contributed by atoms with E-state index in [1.165, 1.54) is 25.7 Å². The zero-order valence-electron chi connectivity index (χ0n) is 21.2. The first kappa shape index (κ1) is 23.0. The van der Waals surface area contributed by atoms with Crippen molar-refractivity contribution in [2.24, 2.45) is 46.3 Å². The summed E-state index contributed by atoms with van der Waals surface area (Å²) >= 11 is 0. The maximum Gasteiger partial charge on any atom is 0.195 e. The van der Waals surface area contributed by atoms with Crippen LogP contribution in [0, 0.1) is 46.3 Å². The molecule has 0 saturated heterocycles. The van der Waals surface area contributed by atoms with Crippen LogP contribution in [0.1, 0.15) is 84.4 Å². The third-order valence-corrected chi connectivity index (χ3v) is 11.7. The van der Waals surface area contributed by atoms with E-state index in [4.69, 9.17) is 9.40 Å². The number of para-hydroxylation sites is 2. The first-order chi connectivity index (χ1) is 16.3. The third-order valence-electron chi connectivity index (χ3n) is 11.7. The molecule has 0 bridgehead atoms. The molecule has 0 radical (unpaired) electrons. The van der Waals surface area contributed by atoms with Crippen LogP contribution in [0.3, 0.4) is 0 Å². The molecule has 186 valence electrons. The highest BCUT2D eigenvalue weighted by atomic mass is 16.3. The molecular weight excluding hydrogens is 422 g/mol. The molecule has 10 atom stereocenters. The Balaban J connectivity index is 1.18. The van der Waals surface area contributed by atoms with E-state index in [2.05, 4.69) is 20.8 Å². The smallest absolute Gasteiger partial charge is 0.195 e. The second kappa shape index (κ2) is 8.34. The Morgan fingerprint density at radius 2 is 1.85 bits per heavy atom. The van der Waals surface area contributed by atoms with Gasteiger partial charge in [-0.05, 0) is 116 Å². The zero-order chi connectivity index (χ0) is 23.7. The Morgan fingerprint density at radius 3 is 2.68 bits per heavy atom. The molecule has 1 unspecified atom stereocenters. The summed E-state index contributed by atoms with van der Waals surface area (Å²) < 4.78 is 6.00. The molecule has 2 aromatic rings. The topological polar surface area (TPSA) is 66.5 Å². The summed E-state index contributed by atoms with van der Waals surface area (Å²) in [5.41, 5.74) is 2.16. The fraction of sp³-hybridized carbons (Fsp3) is 0.767. The Labute approximate surface area is 204 Å². The molecule has 1 heterocycles. The number of hydrogen-bond donors (Lipinski definition) is 2. The van der Waals surface area contributed by atoms with E-state index >= 15 is 0 Å². The molecule has 0 amide bonds. The van der Waals surface area contributed by atoms with Gasteiger partial charge in [0.25, 0.3) is 0 Å². The van der Waals surface area contributed by atoms with E-state index in [0.717, 1.165) is 61.4 Å². The summed E-state index contributed by atoms with van der Waals surface area (Å²) in [6.45, 7) is 7.34. The quantitative estimate of drug-likeness (QED) is 0.549. The molecule has 4 saturated carbocycles. The molecular formula is C30H43NO3. The van der Waals surface area contributed by atoms with Crippen LogP contribution in [0.15, 0.2) is 28.7 Å². The van der Waals surface area contributed by atoms with E-state index in [1.807, 2.05) is 24.3 Å². The maximum atomic E-state index is 11.8. The van der Waals surface area contributed by atoms with Gasteiger partial charge in [0.15, 0.2) is 11.5 Å². The number of hydrogen-bond acceptors (Lipinski definition) is 4. The van der Waals surface area contributed by atoms with Crippen molar-refractivity contribution in [2.45, 2.75) is 97.2 Å². The Morgan fingerprint density at radius 1 is 1.03 bits per heavy atom. The van der Waals surface area contributed by atoms with E-state index < -0.39 is 0 Å². The predicted octanol–water partition coefficient (Wildman–Crippen LogP) is 6.39. The summed E-state index contributed by atoms with van der Waals surface area (Å²) in [5.74, 6) is 4.62. The molecule has 0 aliphatic heterocycles. The molecule has 1 aromatic carbocycles. The second-order valence-corrected chi connectivity index (χ2v) is 13.0. The fourth-order valence-electron chi connectivity index (χ4n) is 9.74. The number of fused-ring (bicyclic) bond motifs is 6. The van der Waals surface area contributed by atoms with Gasteiger partial charge in [0, 0.05) is 6.42 Å². The zero-order valence-corrected chi connectivity index (χ0v) is 21.2. The number of rotatable bonds is 4. The van der Waals surface area contributed by atoms with E-state index in [0.29, 0.717) is 35.0 Å². The number of aliphatic hydroxyl groups excluding tert-OH is 2. The van der Waals surface area contributed by atoms with Crippen molar-refractivity contribution < 1.29 is 14.6 Å². The third kappa shape index (κ3) is 3.42. The van der Waals surface area contributed by atoms with Crippen molar-refractivity contribution in [3.05, 3.63) is 30.2 Å². The minimum atomic E-state index is -0.208. The van der Waals surface area contributed by atoms with Crippen LogP contribution in [0.25, 0.3) is 11.1 Å². The monoisotopic (exact) mass is 465 g/mol. The molecule has 4 aliphatic rings. The highest BCUT2D eigenvalue weighted by molar-refractivity contribution is 5.72. The van der Waals surface area contributed by atoms with E-state index in [-0.39, 0.29) is 17.6 Å². The number of aryl methyl sites for hydroxylation is 1. The van der Waals surface area contributed by atoms with Crippen molar-refractivity contribution in [2.75, 3.05) is 0 Å². The van der Waals surface area contributed by atoms with Crippen molar-refractivity contribution >= 4 is 11.1 Å². The van der Waals surface area contributed by atoms with Crippen LogP contribution >= 0.6 is 0 Å². The highest BCUT2D eigenvalue weighted by Gasteiger charge is 2.63. The minimum absolute atomic E-state index is 0.0271. The van der Waals surface area contributed by atoms with Crippen LogP contribution in [0.2, 0.25) is 0 Å². The average Bonchev–Trinajstić information content (AvgIpc) is 3.40. The van der Waals surface area contributed by atoms with Gasteiger partial charge in [-0.3, -0.25) is 0 Å². The van der Waals surface area contributed by atoms with Crippen LogP contribution in [0.5, 0.6) is 0 Å². The Bertz CT molecular complexity index is 1000. The molecule has 0 spiro atoms. The normalized spacial score (nSPS) is 44.9. The maximum absolute atomic E-state index is 11.8. The molecule has 1 aromatic heterocycles. The summed E-state index contributed by atoms with van der Waals surface area (Å²) in [7, 11) is 0. The van der Waals surface area contributed by atoms with Gasteiger partial charge in [-0.1, -0.05) is 32.9 Å². The van der Waals surface area contributed by atoms with Crippen LogP contribution in [-0.4, -0.2) is 27.4 Å². The van der Waals surface area contributed by atoms with Crippen LogP contribution in [0.4, 0.5) is 0 Å². The number of nitrogens with zero attached hydrogens (tertiary/aromatic N) is 1. The lowest BCUT2D eigenvalue weighted by Gasteiger charge is -2.62. The van der Waals surface area contributed by atoms with Gasteiger partial charge in [0.05, 0.1) is 12.2 Å². The Hall–Kier alpha value is -1.39. The van der Waals surface area contributed by atoms with Gasteiger partial charge >= 0.3 is 0 Å². The van der Waals surface area contributed by atoms with Gasteiger partial charge in [0.1, 0.15) is 5.52 Å². The van der Waals surface area contributed by atoms with Gasteiger partial charge in [0.2, 0.25) is 0 Å². The first-order valence-corrected chi connectivity index (χ1v) is 14.0. The van der Waals surface area contributed by atoms with Gasteiger partial charge < -0.3 is 14.6 Å². The average molecular weight is 466 g/mol. The lowest BCUT2D eigenvalue weighted by atomic mass is 9.43. The fourth-order valence-corrected chi connectivity index (χ4v) is 9.74. The van der Waals surface area contributed by atoms with Crippen LogP contribution < -0.4 is 0 Å². The van der Waals surface area contributed by atoms with Gasteiger partial charge in [-0.25, -0.2) is 4.98 Å². The number of oxazole rings is 1. The second-order valence-electron chi connectivity index (χ2n) is 13.0. The molecule has 4 aliphatic carbocycles. The van der Waals surface area contributed by atoms with Crippen molar-refractivity contribution in [3.63, 3.8) is 0 Å². The van der Waals surface area contributed by atoms with Crippen molar-refractivity contribution in [1.29, 1.82) is 0 Å². The lowest BCUT2D eigenvalue weighted by molar-refractivity contribution is -0.174. The number of aliphatic hydroxyl groups is 2. The molecule has 4 nitrogen and oxygen atoms in total. The Kier molecular flexibility index (Phi) is 5.65. The number of aromatic nitrogens is 1. The van der Waals surface area contributed by atoms with Crippen molar-refractivity contribution in [1.82, 2.24) is 4.98 Å². The standard InChI is InChI=1S/C30H43NO3/c1-18(8-13-28-31-25-6-4-5-7-26(25)34-28)22-11-12-23-21-10-9-19-16-20(32)14-15-29(19,2)24(21)17-27(33)30(22,23)3/h4-7,18-24,27,32-33H,8-17H2,1-3H3/t18-,19?,20-,21+,22-,23+,24+,27+,29+,30-/m1/s1. The largest absolute Gasteiger partial charge is 0.441 e. The first-order valence-electron chi connectivity index (χ1n) is 14.0. The molecule has 4 fully saturated rings. The molecule has 6 rings (SSSR count). The predicted molar refractivity (Wildman–Crippen MR) is 134 cm³/mol. The van der Waals surface area contributed by atoms with Crippen molar-refractivity contribution in [3.8, 4) is 0 Å². The summed E-state index contributed by atoms with van der Waals surface area (Å²) in [4.78, 5) is 4.70. The van der Waals surface area contributed by atoms with Crippen LogP contribution in [-0.2, 0) is 6.42 Å². The minimum Gasteiger partial charge on any atom is -0.441 e. The summed E-state index contributed by atoms with van der Waals surface area (Å²) in [5, 5.41) is 22.1. The van der Waals surface area contributed by atoms with Gasteiger partial charge in [-0.15, -0.1) is 0 Å². The van der Waals surface area contributed by atoms with E-state index in [1.54, 1.807) is 0 Å². The summed E-state index contributed by atoms with van der Waals surface area (Å²) in [6, 6.07) is 8.03. The van der Waals surface area contributed by atoms with E-state index in [9.17, 15) is 10.2 Å². The summed E-state index contributed by atoms with van der Waals surface area (Å²) in [6.07, 6.45) is 10.8. The molecule has 2 N–H and O–H groups in total. The number of benzene rings is 1. The molecule has 4 heteroatoms. The SMILES string of the molecule is C[C@H](CCc1nc2ccccc2o1)[C@H]1CC[C@H]2[C@@H]3CCC4C[C@H](O)CC[C@]4(C)[C@H]3C[C@H](O)[C@]12C. The lowest BCUT2D eigenvalue weighted by Crippen LogP contribution is -2.58. The van der Waals surface area contributed by atoms with Gasteiger partial charge in [-0.2, -0.15) is 0 Å².